The van der Waals surface area contributed by atoms with Crippen LogP contribution in [0, 0.1) is 0 Å². The van der Waals surface area contributed by atoms with Crippen molar-refractivity contribution < 1.29 is 14.2 Å². The van der Waals surface area contributed by atoms with E-state index in [0.717, 1.165) is 25.8 Å². The fourth-order valence-corrected chi connectivity index (χ4v) is 2.56. The molecule has 0 amide bonds. The first-order valence-corrected chi connectivity index (χ1v) is 7.80. The zero-order chi connectivity index (χ0) is 15.2. The molecule has 1 aliphatic heterocycles. The first-order valence-electron chi connectivity index (χ1n) is 7.80. The SMILES string of the molecule is O=C(OCCCCC1CN1[n+]1ccccc1)c1ccccc1. The first kappa shape index (κ1) is 14.6. The van der Waals surface area contributed by atoms with E-state index in [4.69, 9.17) is 4.74 Å². The molecule has 1 unspecified atom stereocenters. The van der Waals surface area contributed by atoms with Crippen molar-refractivity contribution in [3.8, 4) is 0 Å². The summed E-state index contributed by atoms with van der Waals surface area (Å²) in [5, 5.41) is 2.33. The average molecular weight is 297 g/mol. The molecule has 22 heavy (non-hydrogen) atoms. The summed E-state index contributed by atoms with van der Waals surface area (Å²) in [5.74, 6) is -0.228. The standard InChI is InChI=1S/C18H21N2O2/c21-18(16-9-3-1-4-10-16)22-14-8-5-11-17-15-20(17)19-12-6-2-7-13-19/h1-4,6-7,9-10,12-13,17H,5,8,11,14-15H2/q+1. The van der Waals surface area contributed by atoms with E-state index in [1.54, 1.807) is 12.1 Å². The molecule has 0 radical (unpaired) electrons. The van der Waals surface area contributed by atoms with E-state index in [9.17, 15) is 4.79 Å². The molecule has 4 nitrogen and oxygen atoms in total. The molecule has 1 saturated heterocycles. The maximum absolute atomic E-state index is 11.8. The van der Waals surface area contributed by atoms with Crippen LogP contribution in [0.15, 0.2) is 60.9 Å². The predicted molar refractivity (Wildman–Crippen MR) is 84.1 cm³/mol. The molecule has 0 N–H and O–H groups in total. The lowest BCUT2D eigenvalue weighted by Crippen LogP contribution is -2.45. The van der Waals surface area contributed by atoms with Crippen LogP contribution in [0.1, 0.15) is 29.6 Å². The average Bonchev–Trinajstić information content (AvgIpc) is 3.35. The van der Waals surface area contributed by atoms with Crippen molar-refractivity contribution in [2.45, 2.75) is 25.3 Å². The molecule has 4 heteroatoms. The van der Waals surface area contributed by atoms with Crippen LogP contribution in [0.2, 0.25) is 0 Å². The van der Waals surface area contributed by atoms with Gasteiger partial charge in [0.05, 0.1) is 18.7 Å². The quantitative estimate of drug-likeness (QED) is 0.340. The predicted octanol–water partition coefficient (Wildman–Crippen LogP) is 2.32. The highest BCUT2D eigenvalue weighted by atomic mass is 16.5. The number of benzene rings is 1. The molecular weight excluding hydrogens is 276 g/mol. The Morgan fingerprint density at radius 2 is 1.82 bits per heavy atom. The van der Waals surface area contributed by atoms with Gasteiger partial charge in [-0.3, -0.25) is 0 Å². The van der Waals surface area contributed by atoms with Gasteiger partial charge >= 0.3 is 5.97 Å². The fourth-order valence-electron chi connectivity index (χ4n) is 2.56. The normalized spacial score (nSPS) is 16.4. The Kier molecular flexibility index (Phi) is 4.68. The number of esters is 1. The second-order valence-electron chi connectivity index (χ2n) is 5.53. The zero-order valence-corrected chi connectivity index (χ0v) is 12.6. The molecule has 114 valence electrons. The van der Waals surface area contributed by atoms with E-state index >= 15 is 0 Å². The van der Waals surface area contributed by atoms with Gasteiger partial charge in [0.2, 0.25) is 0 Å². The molecule has 1 atom stereocenters. The smallest absolute Gasteiger partial charge is 0.338 e. The lowest BCUT2D eigenvalue weighted by atomic mass is 10.2. The Morgan fingerprint density at radius 3 is 2.59 bits per heavy atom. The van der Waals surface area contributed by atoms with Gasteiger partial charge in [-0.15, -0.1) is 0 Å². The Labute approximate surface area is 130 Å². The van der Waals surface area contributed by atoms with Gasteiger partial charge in [0.25, 0.3) is 0 Å². The Morgan fingerprint density at radius 1 is 1.09 bits per heavy atom. The van der Waals surface area contributed by atoms with Gasteiger partial charge in [0, 0.05) is 12.1 Å². The van der Waals surface area contributed by atoms with Gasteiger partial charge in [-0.05, 0) is 31.4 Å². The third-order valence-electron chi connectivity index (χ3n) is 3.86. The molecule has 0 bridgehead atoms. The summed E-state index contributed by atoms with van der Waals surface area (Å²) >= 11 is 0. The Bertz CT molecular complexity index is 601. The second kappa shape index (κ2) is 7.07. The molecule has 0 saturated carbocycles. The molecule has 3 rings (SSSR count). The lowest BCUT2D eigenvalue weighted by Gasteiger charge is -2.04. The van der Waals surface area contributed by atoms with E-state index in [1.165, 1.54) is 0 Å². The van der Waals surface area contributed by atoms with Gasteiger partial charge in [0.1, 0.15) is 6.04 Å². The maximum Gasteiger partial charge on any atom is 0.338 e. The van der Waals surface area contributed by atoms with Crippen molar-refractivity contribution in [1.29, 1.82) is 0 Å². The molecule has 2 aromatic rings. The van der Waals surface area contributed by atoms with E-state index in [1.807, 2.05) is 36.4 Å². The van der Waals surface area contributed by atoms with Crippen LogP contribution in [0.5, 0.6) is 0 Å². The Hall–Kier alpha value is -2.36. The fraction of sp³-hybridized carbons (Fsp3) is 0.333. The van der Waals surface area contributed by atoms with Crippen molar-refractivity contribution in [2.75, 3.05) is 18.2 Å². The van der Waals surface area contributed by atoms with Crippen molar-refractivity contribution >= 4 is 5.97 Å². The summed E-state index contributed by atoms with van der Waals surface area (Å²) in [6.07, 6.45) is 7.28. The summed E-state index contributed by atoms with van der Waals surface area (Å²) in [6.45, 7) is 1.61. The van der Waals surface area contributed by atoms with Crippen LogP contribution in [0.4, 0.5) is 0 Å². The molecule has 0 spiro atoms. The molecule has 1 aromatic carbocycles. The highest BCUT2D eigenvalue weighted by Crippen LogP contribution is 2.17. The molecule has 1 aromatic heterocycles. The molecule has 0 aliphatic carbocycles. The highest BCUT2D eigenvalue weighted by Gasteiger charge is 2.40. The number of nitrogens with zero attached hydrogens (tertiary/aromatic N) is 2. The number of hydrogen-bond acceptors (Lipinski definition) is 3. The number of ether oxygens (including phenoxy) is 1. The van der Waals surface area contributed by atoms with E-state index in [2.05, 4.69) is 22.1 Å². The molecular formula is C18H21N2O2+. The lowest BCUT2D eigenvalue weighted by molar-refractivity contribution is -0.677. The summed E-state index contributed by atoms with van der Waals surface area (Å²) in [6, 6.07) is 15.9. The van der Waals surface area contributed by atoms with Gasteiger partial charge in [-0.2, -0.15) is 5.01 Å². The number of aromatic nitrogens is 1. The van der Waals surface area contributed by atoms with Crippen LogP contribution in [0.25, 0.3) is 0 Å². The number of pyridine rings is 1. The number of carbonyl (C=O) groups excluding carboxylic acids is 1. The summed E-state index contributed by atoms with van der Waals surface area (Å²) in [5.41, 5.74) is 0.622. The van der Waals surface area contributed by atoms with Gasteiger partial charge < -0.3 is 4.74 Å². The van der Waals surface area contributed by atoms with E-state index in [-0.39, 0.29) is 5.97 Å². The van der Waals surface area contributed by atoms with Crippen LogP contribution in [-0.4, -0.2) is 25.2 Å². The van der Waals surface area contributed by atoms with Crippen LogP contribution in [-0.2, 0) is 4.74 Å². The monoisotopic (exact) mass is 297 g/mol. The molecule has 1 fully saturated rings. The third-order valence-corrected chi connectivity index (χ3v) is 3.86. The summed E-state index contributed by atoms with van der Waals surface area (Å²) in [7, 11) is 0. The van der Waals surface area contributed by atoms with Gasteiger partial charge in [-0.25, -0.2) is 4.79 Å². The van der Waals surface area contributed by atoms with E-state index < -0.39 is 0 Å². The number of unbranched alkanes of at least 4 members (excludes halogenated alkanes) is 1. The maximum atomic E-state index is 11.8. The zero-order valence-electron chi connectivity index (χ0n) is 12.6. The van der Waals surface area contributed by atoms with Crippen molar-refractivity contribution in [2.24, 2.45) is 0 Å². The minimum Gasteiger partial charge on any atom is -0.462 e. The minimum absolute atomic E-state index is 0.228. The van der Waals surface area contributed by atoms with Crippen LogP contribution in [0.3, 0.4) is 0 Å². The molecule has 1 aliphatic rings. The summed E-state index contributed by atoms with van der Waals surface area (Å²) in [4.78, 5) is 11.8. The number of rotatable bonds is 7. The number of carbonyl (C=O) groups is 1. The van der Waals surface area contributed by atoms with Crippen LogP contribution >= 0.6 is 0 Å². The van der Waals surface area contributed by atoms with Crippen molar-refractivity contribution in [3.63, 3.8) is 0 Å². The topological polar surface area (TPSA) is 33.2 Å². The summed E-state index contributed by atoms with van der Waals surface area (Å²) < 4.78 is 7.42. The Balaban J connectivity index is 1.30. The first-order chi connectivity index (χ1) is 10.8. The van der Waals surface area contributed by atoms with Crippen molar-refractivity contribution in [1.82, 2.24) is 0 Å². The van der Waals surface area contributed by atoms with E-state index in [0.29, 0.717) is 18.2 Å². The largest absolute Gasteiger partial charge is 0.462 e. The highest BCUT2D eigenvalue weighted by molar-refractivity contribution is 5.89. The van der Waals surface area contributed by atoms with Gasteiger partial charge in [-0.1, -0.05) is 28.9 Å². The third kappa shape index (κ3) is 3.85. The number of hydrogen-bond donors (Lipinski definition) is 0. The molecule has 2 heterocycles. The van der Waals surface area contributed by atoms with Crippen LogP contribution < -0.4 is 9.69 Å². The van der Waals surface area contributed by atoms with Gasteiger partial charge in [0.15, 0.2) is 12.4 Å². The van der Waals surface area contributed by atoms with Crippen molar-refractivity contribution in [3.05, 3.63) is 66.5 Å². The minimum atomic E-state index is -0.228. The second-order valence-corrected chi connectivity index (χ2v) is 5.53.